The second-order valence-electron chi connectivity index (χ2n) is 9.20. The summed E-state index contributed by atoms with van der Waals surface area (Å²) in [6.07, 6.45) is -5.03. The van der Waals surface area contributed by atoms with Crippen molar-refractivity contribution in [2.75, 3.05) is 7.11 Å². The first-order valence-electron chi connectivity index (χ1n) is 11.7. The number of aliphatic hydroxyl groups is 3. The van der Waals surface area contributed by atoms with E-state index in [0.717, 1.165) is 11.6 Å². The van der Waals surface area contributed by atoms with E-state index < -0.39 is 47.6 Å². The number of methoxy groups -OCH3 is 1. The number of aromatic hydroxyl groups is 2. The first-order valence-corrected chi connectivity index (χ1v) is 11.7. The third-order valence-corrected chi connectivity index (χ3v) is 6.29. The molecule has 5 atom stereocenters. The number of rotatable bonds is 6. The summed E-state index contributed by atoms with van der Waals surface area (Å²) in [6.45, 7) is 5.24. The van der Waals surface area contributed by atoms with Gasteiger partial charge in [0.25, 0.3) is 0 Å². The second kappa shape index (κ2) is 10.4. The van der Waals surface area contributed by atoms with Crippen LogP contribution in [0.5, 0.6) is 23.0 Å². The van der Waals surface area contributed by atoms with Gasteiger partial charge in [-0.1, -0.05) is 11.6 Å². The molecule has 0 aliphatic carbocycles. The van der Waals surface area contributed by atoms with Gasteiger partial charge in [0.1, 0.15) is 46.5 Å². The molecule has 0 bridgehead atoms. The highest BCUT2D eigenvalue weighted by Gasteiger charge is 2.44. The van der Waals surface area contributed by atoms with E-state index in [1.165, 1.54) is 14.0 Å². The molecule has 10 heteroatoms. The highest BCUT2D eigenvalue weighted by atomic mass is 16.7. The monoisotopic (exact) mass is 514 g/mol. The van der Waals surface area contributed by atoms with Gasteiger partial charge in [0, 0.05) is 17.2 Å². The van der Waals surface area contributed by atoms with Crippen LogP contribution in [0.4, 0.5) is 0 Å². The molecule has 0 amide bonds. The standard InChI is InChI=1S/C27H30O10/c1-12(2)5-10-16-17(28)11-18(29)19-21(31)26(37-27-23(33)22(32)20(30)13(3)35-27)24(36-25(16)19)14-6-8-15(34-4)9-7-14/h5-9,11,13,20,22-23,27-30,32-33H,10H2,1-4H3/t13-,20-,22+,23+,27+/m0/s1. The number of aliphatic hydroxyl groups excluding tert-OH is 3. The van der Waals surface area contributed by atoms with Crippen LogP contribution in [-0.2, 0) is 11.2 Å². The van der Waals surface area contributed by atoms with Crippen molar-refractivity contribution in [2.45, 2.75) is 57.9 Å². The Morgan fingerprint density at radius 1 is 1.03 bits per heavy atom. The largest absolute Gasteiger partial charge is 0.507 e. The number of ether oxygens (including phenoxy) is 3. The number of fused-ring (bicyclic) bond motifs is 1. The maximum absolute atomic E-state index is 13.8. The second-order valence-corrected chi connectivity index (χ2v) is 9.20. The smallest absolute Gasteiger partial charge is 0.239 e. The summed E-state index contributed by atoms with van der Waals surface area (Å²) in [5.74, 6) is -0.690. The molecule has 3 aromatic rings. The van der Waals surface area contributed by atoms with Gasteiger partial charge in [-0.3, -0.25) is 4.79 Å². The number of benzene rings is 2. The van der Waals surface area contributed by atoms with Crippen LogP contribution < -0.4 is 14.9 Å². The molecule has 10 nitrogen and oxygen atoms in total. The number of phenols is 2. The van der Waals surface area contributed by atoms with Crippen molar-refractivity contribution in [2.24, 2.45) is 0 Å². The molecule has 4 rings (SSSR count). The van der Waals surface area contributed by atoms with Crippen LogP contribution in [0.25, 0.3) is 22.3 Å². The van der Waals surface area contributed by atoms with Gasteiger partial charge in [0.15, 0.2) is 5.76 Å². The number of allylic oxidation sites excluding steroid dienone is 2. The average Bonchev–Trinajstić information content (AvgIpc) is 2.86. The summed E-state index contributed by atoms with van der Waals surface area (Å²) in [4.78, 5) is 13.8. The summed E-state index contributed by atoms with van der Waals surface area (Å²) in [5, 5.41) is 51.6. The summed E-state index contributed by atoms with van der Waals surface area (Å²) in [7, 11) is 1.50. The topological polar surface area (TPSA) is 159 Å². The Morgan fingerprint density at radius 2 is 1.70 bits per heavy atom. The molecule has 1 aromatic heterocycles. The lowest BCUT2D eigenvalue weighted by Crippen LogP contribution is -2.58. The average molecular weight is 515 g/mol. The normalized spacial score (nSPS) is 23.6. The molecule has 2 heterocycles. The highest BCUT2D eigenvalue weighted by molar-refractivity contribution is 5.91. The summed E-state index contributed by atoms with van der Waals surface area (Å²) in [5.41, 5.74) is 0.828. The zero-order valence-corrected chi connectivity index (χ0v) is 20.8. The van der Waals surface area contributed by atoms with Gasteiger partial charge in [-0.25, -0.2) is 0 Å². The van der Waals surface area contributed by atoms with E-state index in [4.69, 9.17) is 18.6 Å². The number of hydrogen-bond donors (Lipinski definition) is 5. The first kappa shape index (κ1) is 26.5. The molecule has 1 aliphatic rings. The maximum atomic E-state index is 13.8. The van der Waals surface area contributed by atoms with Crippen LogP contribution in [0, 0.1) is 0 Å². The van der Waals surface area contributed by atoms with Gasteiger partial charge in [-0.15, -0.1) is 0 Å². The zero-order valence-electron chi connectivity index (χ0n) is 20.8. The van der Waals surface area contributed by atoms with Gasteiger partial charge in [-0.2, -0.15) is 0 Å². The molecule has 1 fully saturated rings. The van der Waals surface area contributed by atoms with Gasteiger partial charge in [-0.05, 0) is 51.5 Å². The van der Waals surface area contributed by atoms with Gasteiger partial charge < -0.3 is 44.2 Å². The molecular weight excluding hydrogens is 484 g/mol. The minimum Gasteiger partial charge on any atom is -0.507 e. The summed E-state index contributed by atoms with van der Waals surface area (Å²) in [6, 6.07) is 7.57. The van der Waals surface area contributed by atoms with Crippen molar-refractivity contribution in [3.8, 4) is 34.3 Å². The molecule has 5 N–H and O–H groups in total. The van der Waals surface area contributed by atoms with Gasteiger partial charge in [0.05, 0.1) is 13.2 Å². The fourth-order valence-corrected chi connectivity index (χ4v) is 4.14. The Hall–Kier alpha value is -3.57. The predicted octanol–water partition coefficient (Wildman–Crippen LogP) is 2.59. The Labute approximate surface area is 212 Å². The Morgan fingerprint density at radius 3 is 2.32 bits per heavy atom. The molecule has 2 aromatic carbocycles. The van der Waals surface area contributed by atoms with Crippen molar-refractivity contribution in [3.63, 3.8) is 0 Å². The van der Waals surface area contributed by atoms with Crippen molar-refractivity contribution in [1.82, 2.24) is 0 Å². The minimum atomic E-state index is -1.69. The summed E-state index contributed by atoms with van der Waals surface area (Å²) < 4.78 is 22.7. The Balaban J connectivity index is 1.96. The van der Waals surface area contributed by atoms with Gasteiger partial charge in [0.2, 0.25) is 17.5 Å². The Kier molecular flexibility index (Phi) is 7.47. The molecule has 198 valence electrons. The minimum absolute atomic E-state index is 0.0351. The van der Waals surface area contributed by atoms with E-state index in [1.54, 1.807) is 24.3 Å². The van der Waals surface area contributed by atoms with E-state index in [-0.39, 0.29) is 34.5 Å². The molecule has 0 spiro atoms. The maximum Gasteiger partial charge on any atom is 0.239 e. The molecular formula is C27H30O10. The third-order valence-electron chi connectivity index (χ3n) is 6.29. The first-order chi connectivity index (χ1) is 17.5. The number of hydrogen-bond acceptors (Lipinski definition) is 10. The van der Waals surface area contributed by atoms with Crippen LogP contribution in [-0.4, -0.2) is 63.3 Å². The van der Waals surface area contributed by atoms with Crippen LogP contribution in [0.3, 0.4) is 0 Å². The fraction of sp³-hybridized carbons (Fsp3) is 0.370. The molecule has 37 heavy (non-hydrogen) atoms. The predicted molar refractivity (Wildman–Crippen MR) is 134 cm³/mol. The van der Waals surface area contributed by atoms with Crippen molar-refractivity contribution < 1.29 is 44.2 Å². The Bertz CT molecular complexity index is 1370. The van der Waals surface area contributed by atoms with E-state index in [9.17, 15) is 30.3 Å². The van der Waals surface area contributed by atoms with Crippen LogP contribution in [0.15, 0.2) is 51.2 Å². The zero-order chi connectivity index (χ0) is 27.0. The van der Waals surface area contributed by atoms with Crippen LogP contribution >= 0.6 is 0 Å². The lowest BCUT2D eigenvalue weighted by molar-refractivity contribution is -0.268. The number of phenolic OH excluding ortho intramolecular Hbond substituents is 2. The third kappa shape index (κ3) is 5.01. The molecule has 0 saturated carbocycles. The van der Waals surface area contributed by atoms with Crippen LogP contribution in [0.2, 0.25) is 0 Å². The van der Waals surface area contributed by atoms with Crippen molar-refractivity contribution >= 4 is 11.0 Å². The van der Waals surface area contributed by atoms with E-state index in [1.807, 2.05) is 19.9 Å². The molecule has 1 saturated heterocycles. The van der Waals surface area contributed by atoms with Crippen molar-refractivity contribution in [3.05, 3.63) is 57.8 Å². The molecule has 0 unspecified atom stereocenters. The summed E-state index contributed by atoms with van der Waals surface area (Å²) >= 11 is 0. The lowest BCUT2D eigenvalue weighted by Gasteiger charge is -2.38. The molecule has 0 radical (unpaired) electrons. The lowest BCUT2D eigenvalue weighted by atomic mass is 10.00. The van der Waals surface area contributed by atoms with Crippen LogP contribution in [0.1, 0.15) is 26.3 Å². The SMILES string of the molecule is COc1ccc(-c2oc3c(CC=C(C)C)c(O)cc(O)c3c(=O)c2O[C@H]2O[C@@H](C)[C@H](O)[C@@H](O)[C@H]2O)cc1. The van der Waals surface area contributed by atoms with E-state index in [0.29, 0.717) is 11.3 Å². The molecule has 1 aliphatic heterocycles. The van der Waals surface area contributed by atoms with Gasteiger partial charge >= 0.3 is 0 Å². The van der Waals surface area contributed by atoms with Crippen molar-refractivity contribution in [1.29, 1.82) is 0 Å². The van der Waals surface area contributed by atoms with E-state index >= 15 is 0 Å². The fourth-order valence-electron chi connectivity index (χ4n) is 4.14. The highest BCUT2D eigenvalue weighted by Crippen LogP contribution is 2.40. The quantitative estimate of drug-likeness (QED) is 0.310. The van der Waals surface area contributed by atoms with E-state index in [2.05, 4.69) is 0 Å².